The van der Waals surface area contributed by atoms with Crippen molar-refractivity contribution in [3.8, 4) is 0 Å². The highest BCUT2D eigenvalue weighted by Crippen LogP contribution is 2.28. The number of hydrogen-bond acceptors (Lipinski definition) is 2. The van der Waals surface area contributed by atoms with Crippen LogP contribution in [-0.2, 0) is 4.79 Å². The van der Waals surface area contributed by atoms with Gasteiger partial charge in [-0.3, -0.25) is 4.79 Å². The van der Waals surface area contributed by atoms with Crippen LogP contribution in [0.1, 0.15) is 33.1 Å². The van der Waals surface area contributed by atoms with E-state index in [1.165, 1.54) is 6.42 Å². The Balaban J connectivity index is 2.14. The van der Waals surface area contributed by atoms with Crippen molar-refractivity contribution in [3.63, 3.8) is 0 Å². The molecule has 0 bridgehead atoms. The number of aliphatic carboxylic acids is 1. The first kappa shape index (κ1) is 10.5. The minimum absolute atomic E-state index is 0.303. The van der Waals surface area contributed by atoms with E-state index < -0.39 is 5.97 Å². The van der Waals surface area contributed by atoms with Crippen molar-refractivity contribution in [1.82, 2.24) is 4.90 Å². The molecular weight excluding hydrogens is 166 g/mol. The van der Waals surface area contributed by atoms with Gasteiger partial charge in [0.1, 0.15) is 0 Å². The van der Waals surface area contributed by atoms with Crippen LogP contribution in [0.2, 0.25) is 0 Å². The predicted molar refractivity (Wildman–Crippen MR) is 51.7 cm³/mol. The fourth-order valence-electron chi connectivity index (χ4n) is 1.87. The van der Waals surface area contributed by atoms with Crippen LogP contribution in [0.3, 0.4) is 0 Å². The summed E-state index contributed by atoms with van der Waals surface area (Å²) in [6, 6.07) is 0. The summed E-state index contributed by atoms with van der Waals surface area (Å²) in [6.45, 7) is 7.73. The van der Waals surface area contributed by atoms with Gasteiger partial charge in [0.05, 0.1) is 0 Å². The third-order valence-electron chi connectivity index (χ3n) is 2.62. The Morgan fingerprint density at radius 2 is 2.23 bits per heavy atom. The van der Waals surface area contributed by atoms with Gasteiger partial charge in [0.2, 0.25) is 0 Å². The quantitative estimate of drug-likeness (QED) is 0.723. The molecule has 1 saturated heterocycles. The van der Waals surface area contributed by atoms with Crippen molar-refractivity contribution >= 4 is 5.97 Å². The second-order valence-corrected chi connectivity index (χ2v) is 4.69. The molecule has 3 heteroatoms. The van der Waals surface area contributed by atoms with Crippen LogP contribution in [-0.4, -0.2) is 35.6 Å². The first-order valence-electron chi connectivity index (χ1n) is 4.94. The SMILES string of the molecule is CC1(C)CCN(CCCC(=O)O)C1. The summed E-state index contributed by atoms with van der Waals surface area (Å²) in [5, 5.41) is 8.47. The van der Waals surface area contributed by atoms with Crippen LogP contribution in [0.4, 0.5) is 0 Å². The van der Waals surface area contributed by atoms with Crippen molar-refractivity contribution in [2.45, 2.75) is 33.1 Å². The van der Waals surface area contributed by atoms with E-state index in [1.54, 1.807) is 0 Å². The van der Waals surface area contributed by atoms with Gasteiger partial charge in [-0.25, -0.2) is 0 Å². The van der Waals surface area contributed by atoms with E-state index in [0.29, 0.717) is 11.8 Å². The van der Waals surface area contributed by atoms with Gasteiger partial charge in [0, 0.05) is 13.0 Å². The predicted octanol–water partition coefficient (Wildman–Crippen LogP) is 1.58. The molecule has 1 aliphatic heterocycles. The molecule has 0 amide bonds. The van der Waals surface area contributed by atoms with E-state index in [1.807, 2.05) is 0 Å². The van der Waals surface area contributed by atoms with Crippen molar-refractivity contribution in [2.24, 2.45) is 5.41 Å². The summed E-state index contributed by atoms with van der Waals surface area (Å²) in [5.41, 5.74) is 0.434. The van der Waals surface area contributed by atoms with Gasteiger partial charge in [-0.15, -0.1) is 0 Å². The van der Waals surface area contributed by atoms with Crippen molar-refractivity contribution in [1.29, 1.82) is 0 Å². The summed E-state index contributed by atoms with van der Waals surface area (Å²) < 4.78 is 0. The molecule has 0 atom stereocenters. The van der Waals surface area contributed by atoms with Gasteiger partial charge >= 0.3 is 5.97 Å². The molecule has 0 radical (unpaired) electrons. The molecule has 13 heavy (non-hydrogen) atoms. The third kappa shape index (κ3) is 3.77. The summed E-state index contributed by atoms with van der Waals surface area (Å²) in [6.07, 6.45) is 2.32. The molecule has 1 fully saturated rings. The number of carboxylic acids is 1. The number of nitrogens with zero attached hydrogens (tertiary/aromatic N) is 1. The van der Waals surface area contributed by atoms with Gasteiger partial charge in [0.15, 0.2) is 0 Å². The van der Waals surface area contributed by atoms with Crippen LogP contribution in [0.5, 0.6) is 0 Å². The van der Waals surface area contributed by atoms with E-state index in [-0.39, 0.29) is 0 Å². The summed E-state index contributed by atoms with van der Waals surface area (Å²) in [5.74, 6) is -0.682. The molecule has 0 saturated carbocycles. The van der Waals surface area contributed by atoms with Crippen LogP contribution in [0, 0.1) is 5.41 Å². The van der Waals surface area contributed by atoms with Gasteiger partial charge in [0.25, 0.3) is 0 Å². The van der Waals surface area contributed by atoms with Crippen LogP contribution >= 0.6 is 0 Å². The minimum Gasteiger partial charge on any atom is -0.481 e. The zero-order chi connectivity index (χ0) is 9.90. The normalized spacial score (nSPS) is 22.0. The maximum Gasteiger partial charge on any atom is 0.303 e. The Morgan fingerprint density at radius 3 is 2.69 bits per heavy atom. The minimum atomic E-state index is -0.682. The average molecular weight is 185 g/mol. The molecule has 1 N–H and O–H groups in total. The molecule has 0 aromatic carbocycles. The van der Waals surface area contributed by atoms with Crippen molar-refractivity contribution in [2.75, 3.05) is 19.6 Å². The lowest BCUT2D eigenvalue weighted by Gasteiger charge is -2.19. The molecule has 0 spiro atoms. The maximum absolute atomic E-state index is 10.3. The first-order chi connectivity index (χ1) is 5.99. The van der Waals surface area contributed by atoms with E-state index in [4.69, 9.17) is 5.11 Å². The molecule has 3 nitrogen and oxygen atoms in total. The Morgan fingerprint density at radius 1 is 1.54 bits per heavy atom. The smallest absolute Gasteiger partial charge is 0.303 e. The Labute approximate surface area is 79.7 Å². The number of rotatable bonds is 4. The average Bonchev–Trinajstić information content (AvgIpc) is 2.29. The van der Waals surface area contributed by atoms with Crippen molar-refractivity contribution in [3.05, 3.63) is 0 Å². The fraction of sp³-hybridized carbons (Fsp3) is 0.900. The second kappa shape index (κ2) is 4.09. The van der Waals surface area contributed by atoms with E-state index in [9.17, 15) is 4.79 Å². The Hall–Kier alpha value is -0.570. The highest BCUT2D eigenvalue weighted by molar-refractivity contribution is 5.66. The van der Waals surface area contributed by atoms with Gasteiger partial charge in [-0.1, -0.05) is 13.8 Å². The van der Waals surface area contributed by atoms with Gasteiger partial charge < -0.3 is 10.0 Å². The summed E-state index contributed by atoms with van der Waals surface area (Å²) in [7, 11) is 0. The molecular formula is C10H19NO2. The highest BCUT2D eigenvalue weighted by atomic mass is 16.4. The Bertz CT molecular complexity index is 189. The zero-order valence-electron chi connectivity index (χ0n) is 8.55. The molecule has 76 valence electrons. The number of carbonyl (C=O) groups is 1. The highest BCUT2D eigenvalue weighted by Gasteiger charge is 2.28. The first-order valence-corrected chi connectivity index (χ1v) is 4.94. The summed E-state index contributed by atoms with van der Waals surface area (Å²) in [4.78, 5) is 12.6. The topological polar surface area (TPSA) is 40.5 Å². The number of likely N-dealkylation sites (tertiary alicyclic amines) is 1. The van der Waals surface area contributed by atoms with E-state index in [0.717, 1.165) is 26.1 Å². The monoisotopic (exact) mass is 185 g/mol. The Kier molecular flexibility index (Phi) is 3.31. The lowest BCUT2D eigenvalue weighted by atomic mass is 9.93. The van der Waals surface area contributed by atoms with Crippen LogP contribution in [0.25, 0.3) is 0 Å². The second-order valence-electron chi connectivity index (χ2n) is 4.69. The van der Waals surface area contributed by atoms with Crippen LogP contribution < -0.4 is 0 Å². The van der Waals surface area contributed by atoms with Crippen LogP contribution in [0.15, 0.2) is 0 Å². The zero-order valence-corrected chi connectivity index (χ0v) is 8.55. The summed E-state index contributed by atoms with van der Waals surface area (Å²) >= 11 is 0. The largest absolute Gasteiger partial charge is 0.481 e. The molecule has 0 aromatic rings. The molecule has 0 unspecified atom stereocenters. The van der Waals surface area contributed by atoms with Gasteiger partial charge in [-0.05, 0) is 31.3 Å². The van der Waals surface area contributed by atoms with Crippen molar-refractivity contribution < 1.29 is 9.90 Å². The molecule has 0 aliphatic carbocycles. The molecule has 1 rings (SSSR count). The van der Waals surface area contributed by atoms with E-state index in [2.05, 4.69) is 18.7 Å². The standard InChI is InChI=1S/C10H19NO2/c1-10(2)5-7-11(8-10)6-3-4-9(12)13/h3-8H2,1-2H3,(H,12,13). The lowest BCUT2D eigenvalue weighted by Crippen LogP contribution is -2.24. The van der Waals surface area contributed by atoms with E-state index >= 15 is 0 Å². The number of carboxylic acid groups (broad SMARTS) is 1. The lowest BCUT2D eigenvalue weighted by molar-refractivity contribution is -0.137. The fourth-order valence-corrected chi connectivity index (χ4v) is 1.87. The number of hydrogen-bond donors (Lipinski definition) is 1. The van der Waals surface area contributed by atoms with Gasteiger partial charge in [-0.2, -0.15) is 0 Å². The molecule has 1 aliphatic rings. The molecule has 1 heterocycles. The molecule has 0 aromatic heterocycles. The third-order valence-corrected chi connectivity index (χ3v) is 2.62. The maximum atomic E-state index is 10.3.